The maximum Gasteiger partial charge on any atom is 0.238 e. The summed E-state index contributed by atoms with van der Waals surface area (Å²) in [7, 11) is 0. The van der Waals surface area contributed by atoms with E-state index in [1.165, 1.54) is 17.4 Å². The molecule has 0 atom stereocenters. The van der Waals surface area contributed by atoms with Gasteiger partial charge in [0.05, 0.1) is 24.6 Å². The van der Waals surface area contributed by atoms with Crippen molar-refractivity contribution in [2.45, 2.75) is 18.8 Å². The number of aromatic nitrogens is 3. The molecular weight excluding hydrogens is 446 g/mol. The molecule has 1 aliphatic rings. The number of likely N-dealkylation sites (tertiary alicyclic amines) is 1. The number of anilines is 3. The zero-order valence-electron chi connectivity index (χ0n) is 16.3. The van der Waals surface area contributed by atoms with Crippen molar-refractivity contribution in [3.05, 3.63) is 58.6 Å². The van der Waals surface area contributed by atoms with Crippen LogP contribution in [0.5, 0.6) is 0 Å². The molecule has 162 valence electrons. The number of piperidine rings is 1. The van der Waals surface area contributed by atoms with Crippen LogP contribution in [-0.2, 0) is 4.79 Å². The smallest absolute Gasteiger partial charge is 0.238 e. The first kappa shape index (κ1) is 21.5. The number of carbonyl (C=O) groups excluding carboxylic acids is 1. The number of halogens is 3. The van der Waals surface area contributed by atoms with Crippen LogP contribution in [-0.4, -0.2) is 45.4 Å². The molecule has 1 saturated heterocycles. The van der Waals surface area contributed by atoms with Crippen molar-refractivity contribution in [2.24, 2.45) is 0 Å². The molecule has 2 N–H and O–H groups in total. The van der Waals surface area contributed by atoms with Gasteiger partial charge in [0.25, 0.3) is 0 Å². The number of amides is 1. The average Bonchev–Trinajstić information content (AvgIpc) is 3.16. The van der Waals surface area contributed by atoms with E-state index < -0.39 is 23.2 Å². The van der Waals surface area contributed by atoms with Crippen LogP contribution in [0.15, 0.2) is 36.8 Å². The van der Waals surface area contributed by atoms with Crippen molar-refractivity contribution >= 4 is 45.4 Å². The molecule has 0 radical (unpaired) electrons. The van der Waals surface area contributed by atoms with E-state index >= 15 is 0 Å². The number of para-hydroxylation sites is 1. The number of benzene rings is 1. The van der Waals surface area contributed by atoms with Crippen LogP contribution in [0.1, 0.15) is 24.5 Å². The second kappa shape index (κ2) is 9.63. The molecule has 1 amide bonds. The minimum atomic E-state index is -0.792. The molecule has 0 spiro atoms. The minimum Gasteiger partial charge on any atom is -0.329 e. The number of thiazole rings is 1. The molecule has 1 fully saturated rings. The quantitative estimate of drug-likeness (QED) is 0.561. The fourth-order valence-electron chi connectivity index (χ4n) is 3.46. The molecule has 11 heteroatoms. The van der Waals surface area contributed by atoms with E-state index in [0.29, 0.717) is 23.4 Å². The highest BCUT2D eigenvalue weighted by Gasteiger charge is 2.24. The van der Waals surface area contributed by atoms with E-state index in [1.807, 2.05) is 4.90 Å². The normalized spacial score (nSPS) is 15.1. The van der Waals surface area contributed by atoms with E-state index in [0.717, 1.165) is 35.7 Å². The Hall–Kier alpha value is -2.69. The summed E-state index contributed by atoms with van der Waals surface area (Å²) in [6.45, 7) is 1.41. The van der Waals surface area contributed by atoms with Gasteiger partial charge in [-0.2, -0.15) is 0 Å². The number of hydrogen-bond donors (Lipinski definition) is 2. The topological polar surface area (TPSA) is 83.0 Å². The molecule has 0 unspecified atom stereocenters. The van der Waals surface area contributed by atoms with Crippen molar-refractivity contribution in [3.63, 3.8) is 0 Å². The van der Waals surface area contributed by atoms with E-state index in [4.69, 9.17) is 11.6 Å². The van der Waals surface area contributed by atoms with Gasteiger partial charge in [-0.1, -0.05) is 29.0 Å². The predicted molar refractivity (Wildman–Crippen MR) is 116 cm³/mol. The fraction of sp³-hybridized carbons (Fsp3) is 0.300. The number of nitrogens with zero attached hydrogens (tertiary/aromatic N) is 4. The maximum atomic E-state index is 13.7. The Kier molecular flexibility index (Phi) is 6.69. The lowest BCUT2D eigenvalue weighted by Gasteiger charge is -2.31. The Morgan fingerprint density at radius 3 is 2.61 bits per heavy atom. The van der Waals surface area contributed by atoms with Gasteiger partial charge >= 0.3 is 0 Å². The second-order valence-corrected chi connectivity index (χ2v) is 8.74. The van der Waals surface area contributed by atoms with Gasteiger partial charge < -0.3 is 10.6 Å². The van der Waals surface area contributed by atoms with Crippen LogP contribution in [0.3, 0.4) is 0 Å². The third-order valence-electron chi connectivity index (χ3n) is 4.98. The highest BCUT2D eigenvalue weighted by atomic mass is 35.5. The van der Waals surface area contributed by atoms with Gasteiger partial charge in [-0.3, -0.25) is 14.7 Å². The summed E-state index contributed by atoms with van der Waals surface area (Å²) in [4.78, 5) is 27.1. The van der Waals surface area contributed by atoms with Crippen LogP contribution in [0.4, 0.5) is 25.3 Å². The summed E-state index contributed by atoms with van der Waals surface area (Å²) in [5.74, 6) is -1.20. The fourth-order valence-corrected chi connectivity index (χ4v) is 4.31. The van der Waals surface area contributed by atoms with Crippen molar-refractivity contribution in [3.8, 4) is 0 Å². The first-order chi connectivity index (χ1) is 15.0. The SMILES string of the molecule is O=C(CN1CCC(c2cncc(Nc3cnc(Cl)s3)n2)CC1)Nc1c(F)cccc1F. The summed E-state index contributed by atoms with van der Waals surface area (Å²) in [5, 5.41) is 6.25. The van der Waals surface area contributed by atoms with E-state index in [1.54, 1.807) is 18.6 Å². The minimum absolute atomic E-state index is 0.0694. The molecule has 0 saturated carbocycles. The Labute approximate surface area is 186 Å². The zero-order chi connectivity index (χ0) is 21.8. The van der Waals surface area contributed by atoms with Crippen LogP contribution < -0.4 is 10.6 Å². The van der Waals surface area contributed by atoms with E-state index in [2.05, 4.69) is 25.6 Å². The van der Waals surface area contributed by atoms with Crippen LogP contribution in [0, 0.1) is 11.6 Å². The summed E-state index contributed by atoms with van der Waals surface area (Å²) in [5.41, 5.74) is 0.461. The average molecular weight is 465 g/mol. The van der Waals surface area contributed by atoms with Crippen LogP contribution in [0.2, 0.25) is 4.47 Å². The van der Waals surface area contributed by atoms with Crippen LogP contribution in [0.25, 0.3) is 0 Å². The van der Waals surface area contributed by atoms with Gasteiger partial charge in [0.15, 0.2) is 4.47 Å². The maximum absolute atomic E-state index is 13.7. The largest absolute Gasteiger partial charge is 0.329 e. The molecule has 0 aliphatic carbocycles. The molecule has 2 aromatic heterocycles. The highest BCUT2D eigenvalue weighted by molar-refractivity contribution is 7.19. The van der Waals surface area contributed by atoms with Gasteiger partial charge in [-0.05, 0) is 38.1 Å². The van der Waals surface area contributed by atoms with Gasteiger partial charge in [0, 0.05) is 12.1 Å². The molecule has 3 heterocycles. The Morgan fingerprint density at radius 2 is 1.94 bits per heavy atom. The lowest BCUT2D eigenvalue weighted by molar-refractivity contribution is -0.117. The zero-order valence-corrected chi connectivity index (χ0v) is 17.9. The number of hydrogen-bond acceptors (Lipinski definition) is 7. The van der Waals surface area contributed by atoms with E-state index in [9.17, 15) is 13.6 Å². The number of nitrogens with one attached hydrogen (secondary N) is 2. The molecular formula is C20H19ClF2N6OS. The summed E-state index contributed by atoms with van der Waals surface area (Å²) in [6.07, 6.45) is 6.62. The van der Waals surface area contributed by atoms with Crippen LogP contribution >= 0.6 is 22.9 Å². The Bertz CT molecular complexity index is 1050. The molecule has 3 aromatic rings. The molecule has 1 aromatic carbocycles. The Balaban J connectivity index is 1.30. The van der Waals surface area contributed by atoms with Crippen molar-refractivity contribution in [2.75, 3.05) is 30.3 Å². The molecule has 4 rings (SSSR count). The predicted octanol–water partition coefficient (Wildman–Crippen LogP) is 4.43. The second-order valence-electron chi connectivity index (χ2n) is 7.13. The highest BCUT2D eigenvalue weighted by Crippen LogP contribution is 2.29. The summed E-state index contributed by atoms with van der Waals surface area (Å²) in [6, 6.07) is 3.47. The molecule has 0 bridgehead atoms. The molecule has 7 nitrogen and oxygen atoms in total. The third kappa shape index (κ3) is 5.52. The first-order valence-corrected chi connectivity index (χ1v) is 10.8. The van der Waals surface area contributed by atoms with Crippen molar-refractivity contribution in [1.29, 1.82) is 0 Å². The Morgan fingerprint density at radius 1 is 1.19 bits per heavy atom. The van der Waals surface area contributed by atoms with Gasteiger partial charge in [-0.15, -0.1) is 0 Å². The van der Waals surface area contributed by atoms with Gasteiger partial charge in [-0.25, -0.2) is 18.7 Å². The van der Waals surface area contributed by atoms with Crippen molar-refractivity contribution < 1.29 is 13.6 Å². The number of carbonyl (C=O) groups is 1. The molecule has 31 heavy (non-hydrogen) atoms. The summed E-state index contributed by atoms with van der Waals surface area (Å²) < 4.78 is 27.9. The third-order valence-corrected chi connectivity index (χ3v) is 6.01. The van der Waals surface area contributed by atoms with Crippen molar-refractivity contribution in [1.82, 2.24) is 19.9 Å². The monoisotopic (exact) mass is 464 g/mol. The lowest BCUT2D eigenvalue weighted by Crippen LogP contribution is -2.39. The van der Waals surface area contributed by atoms with E-state index in [-0.39, 0.29) is 12.5 Å². The molecule has 1 aliphatic heterocycles. The van der Waals surface area contributed by atoms with Gasteiger partial charge in [0.1, 0.15) is 28.1 Å². The van der Waals surface area contributed by atoms with Gasteiger partial charge in [0.2, 0.25) is 5.91 Å². The summed E-state index contributed by atoms with van der Waals surface area (Å²) >= 11 is 7.17. The first-order valence-electron chi connectivity index (χ1n) is 9.64. The lowest BCUT2D eigenvalue weighted by atomic mass is 9.94. The standard InChI is InChI=1S/C20H19ClF2N6OS/c21-20-25-10-18(31-20)27-16-9-24-8-15(26-16)12-4-6-29(7-5-12)11-17(30)28-19-13(22)2-1-3-14(19)23/h1-3,8-10,12H,4-7,11H2,(H,26,27)(H,28,30). The number of rotatable bonds is 6.